The van der Waals surface area contributed by atoms with Gasteiger partial charge in [0.25, 0.3) is 5.91 Å². The smallest absolute Gasteiger partial charge is 0.251 e. The second-order valence-corrected chi connectivity index (χ2v) is 5.11. The number of aryl methyl sites for hydroxylation is 1. The summed E-state index contributed by atoms with van der Waals surface area (Å²) in [5, 5.41) is 6.33. The summed E-state index contributed by atoms with van der Waals surface area (Å²) < 4.78 is 0. The highest BCUT2D eigenvalue weighted by molar-refractivity contribution is 5.96. The number of carbonyl (C=O) groups excluding carboxylic acids is 1. The molecule has 1 aliphatic carbocycles. The van der Waals surface area contributed by atoms with Gasteiger partial charge in [-0.15, -0.1) is 0 Å². The number of benzene rings is 1. The van der Waals surface area contributed by atoms with Crippen LogP contribution < -0.4 is 10.6 Å². The normalized spacial score (nSPS) is 14.3. The monoisotopic (exact) mass is 246 g/mol. The van der Waals surface area contributed by atoms with Gasteiger partial charge in [0.2, 0.25) is 0 Å². The maximum atomic E-state index is 12.0. The lowest BCUT2D eigenvalue weighted by molar-refractivity contribution is 0.0951. The van der Waals surface area contributed by atoms with Crippen LogP contribution in [-0.2, 0) is 0 Å². The van der Waals surface area contributed by atoms with Crippen molar-refractivity contribution in [2.75, 3.05) is 18.4 Å². The lowest BCUT2D eigenvalue weighted by Crippen LogP contribution is -2.26. The van der Waals surface area contributed by atoms with Crippen molar-refractivity contribution in [2.24, 2.45) is 5.92 Å². The van der Waals surface area contributed by atoms with Crippen LogP contribution in [0, 0.1) is 12.8 Å². The third kappa shape index (κ3) is 3.49. The molecule has 0 atom stereocenters. The fourth-order valence-corrected chi connectivity index (χ4v) is 1.95. The Morgan fingerprint density at radius 2 is 2.17 bits per heavy atom. The van der Waals surface area contributed by atoms with Crippen molar-refractivity contribution in [3.8, 4) is 0 Å². The number of amides is 1. The lowest BCUT2D eigenvalue weighted by Gasteiger charge is -2.10. The van der Waals surface area contributed by atoms with Crippen molar-refractivity contribution < 1.29 is 4.79 Å². The summed E-state index contributed by atoms with van der Waals surface area (Å²) in [6.07, 6.45) is 3.63. The standard InChI is InChI=1S/C15H22N2O/c1-3-8-16-13-6-7-14(11(2)9-13)15(18)17-10-12-4-5-12/h6-7,9,12,16H,3-5,8,10H2,1-2H3,(H,17,18). The van der Waals surface area contributed by atoms with E-state index in [1.54, 1.807) is 0 Å². The average Bonchev–Trinajstić information content (AvgIpc) is 3.17. The second-order valence-electron chi connectivity index (χ2n) is 5.11. The van der Waals surface area contributed by atoms with E-state index in [1.807, 2.05) is 25.1 Å². The minimum absolute atomic E-state index is 0.0569. The number of hydrogen-bond acceptors (Lipinski definition) is 2. The molecule has 1 aromatic carbocycles. The van der Waals surface area contributed by atoms with E-state index in [2.05, 4.69) is 17.6 Å². The first-order valence-electron chi connectivity index (χ1n) is 6.83. The highest BCUT2D eigenvalue weighted by Gasteiger charge is 2.22. The SMILES string of the molecule is CCCNc1ccc(C(=O)NCC2CC2)c(C)c1. The predicted molar refractivity (Wildman–Crippen MR) is 75.0 cm³/mol. The van der Waals surface area contributed by atoms with Crippen molar-refractivity contribution in [1.82, 2.24) is 5.32 Å². The summed E-state index contributed by atoms with van der Waals surface area (Å²) in [5.41, 5.74) is 2.91. The Morgan fingerprint density at radius 3 is 2.78 bits per heavy atom. The molecule has 1 amide bonds. The van der Waals surface area contributed by atoms with Crippen LogP contribution in [-0.4, -0.2) is 19.0 Å². The lowest BCUT2D eigenvalue weighted by atomic mass is 10.1. The summed E-state index contributed by atoms with van der Waals surface area (Å²) in [6.45, 7) is 5.92. The number of nitrogens with one attached hydrogen (secondary N) is 2. The van der Waals surface area contributed by atoms with E-state index in [4.69, 9.17) is 0 Å². The molecule has 0 aromatic heterocycles. The minimum Gasteiger partial charge on any atom is -0.385 e. The molecular formula is C15H22N2O. The number of anilines is 1. The second kappa shape index (κ2) is 5.89. The molecule has 0 heterocycles. The molecule has 0 spiro atoms. The minimum atomic E-state index is 0.0569. The van der Waals surface area contributed by atoms with Crippen LogP contribution >= 0.6 is 0 Å². The molecule has 1 fully saturated rings. The van der Waals surface area contributed by atoms with Gasteiger partial charge in [0.15, 0.2) is 0 Å². The zero-order valence-corrected chi connectivity index (χ0v) is 11.3. The van der Waals surface area contributed by atoms with Crippen molar-refractivity contribution in [3.05, 3.63) is 29.3 Å². The molecule has 0 unspecified atom stereocenters. The van der Waals surface area contributed by atoms with E-state index in [-0.39, 0.29) is 5.91 Å². The molecule has 18 heavy (non-hydrogen) atoms. The molecule has 0 bridgehead atoms. The van der Waals surface area contributed by atoms with E-state index in [9.17, 15) is 4.79 Å². The zero-order chi connectivity index (χ0) is 13.0. The molecule has 3 nitrogen and oxygen atoms in total. The zero-order valence-electron chi connectivity index (χ0n) is 11.3. The fourth-order valence-electron chi connectivity index (χ4n) is 1.95. The first-order valence-corrected chi connectivity index (χ1v) is 6.83. The summed E-state index contributed by atoms with van der Waals surface area (Å²) in [7, 11) is 0. The molecule has 2 rings (SSSR count). The third-order valence-electron chi connectivity index (χ3n) is 3.30. The van der Waals surface area contributed by atoms with Gasteiger partial charge in [-0.1, -0.05) is 6.92 Å². The van der Waals surface area contributed by atoms with Crippen LogP contribution in [0.15, 0.2) is 18.2 Å². The van der Waals surface area contributed by atoms with Crippen LogP contribution in [0.5, 0.6) is 0 Å². The van der Waals surface area contributed by atoms with Gasteiger partial charge in [0, 0.05) is 24.3 Å². The van der Waals surface area contributed by atoms with Crippen LogP contribution in [0.25, 0.3) is 0 Å². The van der Waals surface area contributed by atoms with Crippen LogP contribution in [0.4, 0.5) is 5.69 Å². The summed E-state index contributed by atoms with van der Waals surface area (Å²) in [5.74, 6) is 0.779. The Labute approximate surface area is 109 Å². The van der Waals surface area contributed by atoms with E-state index in [1.165, 1.54) is 12.8 Å². The fraction of sp³-hybridized carbons (Fsp3) is 0.533. The molecule has 98 valence electrons. The van der Waals surface area contributed by atoms with Crippen molar-refractivity contribution in [1.29, 1.82) is 0 Å². The van der Waals surface area contributed by atoms with Gasteiger partial charge in [-0.05, 0) is 55.9 Å². The van der Waals surface area contributed by atoms with E-state index in [0.29, 0.717) is 0 Å². The van der Waals surface area contributed by atoms with Crippen molar-refractivity contribution >= 4 is 11.6 Å². The first-order chi connectivity index (χ1) is 8.70. The highest BCUT2D eigenvalue weighted by atomic mass is 16.1. The van der Waals surface area contributed by atoms with Gasteiger partial charge in [0.1, 0.15) is 0 Å². The van der Waals surface area contributed by atoms with Gasteiger partial charge in [-0.25, -0.2) is 0 Å². The first kappa shape index (κ1) is 12.9. The maximum Gasteiger partial charge on any atom is 0.251 e. The Morgan fingerprint density at radius 1 is 1.39 bits per heavy atom. The van der Waals surface area contributed by atoms with E-state index in [0.717, 1.165) is 42.2 Å². The summed E-state index contributed by atoms with van der Waals surface area (Å²) in [4.78, 5) is 12.0. The molecular weight excluding hydrogens is 224 g/mol. The van der Waals surface area contributed by atoms with Crippen LogP contribution in [0.2, 0.25) is 0 Å². The Hall–Kier alpha value is -1.51. The van der Waals surface area contributed by atoms with Gasteiger partial charge < -0.3 is 10.6 Å². The maximum absolute atomic E-state index is 12.0. The molecule has 1 aromatic rings. The molecule has 0 saturated heterocycles. The van der Waals surface area contributed by atoms with Gasteiger partial charge in [0.05, 0.1) is 0 Å². The van der Waals surface area contributed by atoms with E-state index >= 15 is 0 Å². The number of hydrogen-bond donors (Lipinski definition) is 2. The third-order valence-corrected chi connectivity index (χ3v) is 3.30. The van der Waals surface area contributed by atoms with Crippen LogP contribution in [0.1, 0.15) is 42.1 Å². The number of carbonyl (C=O) groups is 1. The summed E-state index contributed by atoms with van der Waals surface area (Å²) >= 11 is 0. The van der Waals surface area contributed by atoms with Gasteiger partial charge >= 0.3 is 0 Å². The van der Waals surface area contributed by atoms with Gasteiger partial charge in [-0.2, -0.15) is 0 Å². The molecule has 0 aliphatic heterocycles. The topological polar surface area (TPSA) is 41.1 Å². The molecule has 0 radical (unpaired) electrons. The molecule has 1 aliphatic rings. The number of rotatable bonds is 6. The van der Waals surface area contributed by atoms with Crippen LogP contribution in [0.3, 0.4) is 0 Å². The Balaban J connectivity index is 1.96. The predicted octanol–water partition coefficient (Wildman–Crippen LogP) is 2.96. The Bertz CT molecular complexity index is 425. The molecule has 3 heteroatoms. The molecule has 2 N–H and O–H groups in total. The van der Waals surface area contributed by atoms with Crippen molar-refractivity contribution in [3.63, 3.8) is 0 Å². The largest absolute Gasteiger partial charge is 0.385 e. The van der Waals surface area contributed by atoms with Crippen molar-refractivity contribution in [2.45, 2.75) is 33.1 Å². The summed E-state index contributed by atoms with van der Waals surface area (Å²) in [6, 6.07) is 5.94. The van der Waals surface area contributed by atoms with Gasteiger partial charge in [-0.3, -0.25) is 4.79 Å². The Kier molecular flexibility index (Phi) is 4.24. The molecule has 1 saturated carbocycles. The quantitative estimate of drug-likeness (QED) is 0.810. The average molecular weight is 246 g/mol. The highest BCUT2D eigenvalue weighted by Crippen LogP contribution is 2.27. The van der Waals surface area contributed by atoms with E-state index < -0.39 is 0 Å².